The number of carbonyl (C=O) groups is 2. The Morgan fingerprint density at radius 3 is 2.44 bits per heavy atom. The van der Waals surface area contributed by atoms with Crippen LogP contribution in [0, 0.1) is 0 Å². The molecule has 3 N–H and O–H groups in total. The molecular weight excluding hydrogens is 232 g/mol. The van der Waals surface area contributed by atoms with Crippen LogP contribution in [0.2, 0.25) is 0 Å². The largest absolute Gasteiger partial charge is 0.480 e. The summed E-state index contributed by atoms with van der Waals surface area (Å²) in [6.07, 6.45) is 1.72. The Bertz CT molecular complexity index is 443. The lowest BCUT2D eigenvalue weighted by Gasteiger charge is -2.24. The zero-order valence-electron chi connectivity index (χ0n) is 9.95. The van der Waals surface area contributed by atoms with Crippen LogP contribution in [-0.2, 0) is 9.59 Å². The maximum Gasteiger partial charge on any atom is 0.323 e. The van der Waals surface area contributed by atoms with E-state index < -0.39 is 12.0 Å². The first kappa shape index (κ1) is 12.6. The maximum absolute atomic E-state index is 12.2. The average Bonchev–Trinajstić information content (AvgIpc) is 3.19. The molecule has 96 valence electrons. The number of amides is 1. The summed E-state index contributed by atoms with van der Waals surface area (Å²) in [5.41, 5.74) is 6.60. The number of nitrogens with zero attached hydrogens (tertiary/aromatic N) is 1. The number of benzene rings is 1. The van der Waals surface area contributed by atoms with Crippen molar-refractivity contribution in [3.05, 3.63) is 35.9 Å². The number of carbonyl (C=O) groups excluding carboxylic acids is 1. The minimum atomic E-state index is -1.00. The van der Waals surface area contributed by atoms with Crippen molar-refractivity contribution in [3.63, 3.8) is 0 Å². The normalized spacial score (nSPS) is 16.1. The topological polar surface area (TPSA) is 83.6 Å². The van der Waals surface area contributed by atoms with Crippen molar-refractivity contribution in [1.82, 2.24) is 4.90 Å². The third-order valence-corrected chi connectivity index (χ3v) is 3.00. The monoisotopic (exact) mass is 248 g/mol. The highest BCUT2D eigenvalue weighted by Crippen LogP contribution is 2.28. The van der Waals surface area contributed by atoms with E-state index in [0.717, 1.165) is 12.8 Å². The third-order valence-electron chi connectivity index (χ3n) is 3.00. The summed E-state index contributed by atoms with van der Waals surface area (Å²) in [6, 6.07) is 8.26. The van der Waals surface area contributed by atoms with E-state index in [4.69, 9.17) is 10.8 Å². The van der Waals surface area contributed by atoms with Gasteiger partial charge in [-0.05, 0) is 18.4 Å². The lowest BCUT2D eigenvalue weighted by molar-refractivity contribution is -0.145. The number of carboxylic acids is 1. The molecule has 0 aromatic heterocycles. The Morgan fingerprint density at radius 1 is 1.33 bits per heavy atom. The van der Waals surface area contributed by atoms with Crippen LogP contribution in [-0.4, -0.2) is 34.5 Å². The van der Waals surface area contributed by atoms with Gasteiger partial charge in [-0.1, -0.05) is 30.3 Å². The molecule has 1 atom stereocenters. The van der Waals surface area contributed by atoms with Gasteiger partial charge in [-0.3, -0.25) is 9.59 Å². The Balaban J connectivity index is 2.10. The van der Waals surface area contributed by atoms with E-state index >= 15 is 0 Å². The highest BCUT2D eigenvalue weighted by Gasteiger charge is 2.36. The van der Waals surface area contributed by atoms with E-state index in [9.17, 15) is 9.59 Å². The van der Waals surface area contributed by atoms with Gasteiger partial charge < -0.3 is 15.7 Å². The van der Waals surface area contributed by atoms with Gasteiger partial charge in [0.25, 0.3) is 0 Å². The zero-order valence-corrected chi connectivity index (χ0v) is 9.95. The van der Waals surface area contributed by atoms with Crippen molar-refractivity contribution in [2.75, 3.05) is 6.54 Å². The second-order valence-electron chi connectivity index (χ2n) is 4.48. The molecule has 0 bridgehead atoms. The number of carboxylic acid groups (broad SMARTS) is 1. The van der Waals surface area contributed by atoms with Crippen molar-refractivity contribution in [3.8, 4) is 0 Å². The van der Waals surface area contributed by atoms with E-state index in [2.05, 4.69) is 0 Å². The van der Waals surface area contributed by atoms with E-state index in [1.54, 1.807) is 24.3 Å². The summed E-state index contributed by atoms with van der Waals surface area (Å²) in [7, 11) is 0. The van der Waals surface area contributed by atoms with Crippen LogP contribution in [0.1, 0.15) is 24.4 Å². The third kappa shape index (κ3) is 2.87. The SMILES string of the molecule is N[C@H](C(=O)N(CC(=O)O)C1CC1)c1ccccc1. The first-order chi connectivity index (χ1) is 8.59. The van der Waals surface area contributed by atoms with Crippen molar-refractivity contribution in [2.45, 2.75) is 24.9 Å². The molecule has 18 heavy (non-hydrogen) atoms. The van der Waals surface area contributed by atoms with E-state index in [-0.39, 0.29) is 18.5 Å². The summed E-state index contributed by atoms with van der Waals surface area (Å²) < 4.78 is 0. The molecule has 5 nitrogen and oxygen atoms in total. The van der Waals surface area contributed by atoms with Gasteiger partial charge >= 0.3 is 5.97 Å². The molecule has 0 spiro atoms. The highest BCUT2D eigenvalue weighted by atomic mass is 16.4. The Hall–Kier alpha value is -1.88. The molecule has 1 aliphatic carbocycles. The number of hydrogen-bond donors (Lipinski definition) is 2. The van der Waals surface area contributed by atoms with Crippen molar-refractivity contribution in [2.24, 2.45) is 5.73 Å². The van der Waals surface area contributed by atoms with Crippen LogP contribution in [0.4, 0.5) is 0 Å². The first-order valence-corrected chi connectivity index (χ1v) is 5.92. The van der Waals surface area contributed by atoms with E-state index in [0.29, 0.717) is 5.56 Å². The highest BCUT2D eigenvalue weighted by molar-refractivity contribution is 5.86. The number of rotatable bonds is 5. The zero-order chi connectivity index (χ0) is 13.1. The van der Waals surface area contributed by atoms with Gasteiger partial charge in [-0.25, -0.2) is 0 Å². The van der Waals surface area contributed by atoms with Crippen LogP contribution >= 0.6 is 0 Å². The second-order valence-corrected chi connectivity index (χ2v) is 4.48. The van der Waals surface area contributed by atoms with Gasteiger partial charge in [0.1, 0.15) is 12.6 Å². The summed E-state index contributed by atoms with van der Waals surface area (Å²) in [5, 5.41) is 8.83. The molecule has 0 radical (unpaired) electrons. The summed E-state index contributed by atoms with van der Waals surface area (Å²) in [5.74, 6) is -1.32. The fraction of sp³-hybridized carbons (Fsp3) is 0.385. The fourth-order valence-electron chi connectivity index (χ4n) is 1.90. The second kappa shape index (κ2) is 5.18. The predicted octanol–water partition coefficient (Wildman–Crippen LogP) is 0.762. The number of nitrogens with two attached hydrogens (primary N) is 1. The Labute approximate surface area is 105 Å². The van der Waals surface area contributed by atoms with Gasteiger partial charge in [-0.2, -0.15) is 0 Å². The molecule has 1 aromatic rings. The van der Waals surface area contributed by atoms with Crippen LogP contribution in [0.5, 0.6) is 0 Å². The summed E-state index contributed by atoms with van der Waals surface area (Å²) in [6.45, 7) is -0.274. The summed E-state index contributed by atoms with van der Waals surface area (Å²) in [4.78, 5) is 24.3. The Morgan fingerprint density at radius 2 is 1.94 bits per heavy atom. The van der Waals surface area contributed by atoms with Crippen molar-refractivity contribution < 1.29 is 14.7 Å². The lowest BCUT2D eigenvalue weighted by atomic mass is 10.1. The van der Waals surface area contributed by atoms with Gasteiger partial charge in [0.05, 0.1) is 0 Å². The molecule has 1 amide bonds. The molecular formula is C13H16N2O3. The quantitative estimate of drug-likeness (QED) is 0.805. The standard InChI is InChI=1S/C13H16N2O3/c14-12(9-4-2-1-3-5-9)13(18)15(8-11(16)17)10-6-7-10/h1-5,10,12H,6-8,14H2,(H,16,17)/t12-/m0/s1. The van der Waals surface area contributed by atoms with Gasteiger partial charge in [0.15, 0.2) is 0 Å². The fourth-order valence-corrected chi connectivity index (χ4v) is 1.90. The number of aliphatic carboxylic acids is 1. The molecule has 0 heterocycles. The minimum Gasteiger partial charge on any atom is -0.480 e. The smallest absolute Gasteiger partial charge is 0.323 e. The molecule has 0 aliphatic heterocycles. The molecule has 1 saturated carbocycles. The van der Waals surface area contributed by atoms with Gasteiger partial charge in [-0.15, -0.1) is 0 Å². The summed E-state index contributed by atoms with van der Waals surface area (Å²) >= 11 is 0. The van der Waals surface area contributed by atoms with Crippen molar-refractivity contribution >= 4 is 11.9 Å². The first-order valence-electron chi connectivity index (χ1n) is 5.92. The molecule has 2 rings (SSSR count). The van der Waals surface area contributed by atoms with Crippen LogP contribution in [0.15, 0.2) is 30.3 Å². The van der Waals surface area contributed by atoms with Gasteiger partial charge in [0, 0.05) is 6.04 Å². The van der Waals surface area contributed by atoms with Gasteiger partial charge in [0.2, 0.25) is 5.91 Å². The van der Waals surface area contributed by atoms with Crippen LogP contribution in [0.25, 0.3) is 0 Å². The minimum absolute atomic E-state index is 0.0448. The van der Waals surface area contributed by atoms with E-state index in [1.807, 2.05) is 6.07 Å². The molecule has 1 aromatic carbocycles. The van der Waals surface area contributed by atoms with Crippen LogP contribution < -0.4 is 5.73 Å². The molecule has 0 unspecified atom stereocenters. The molecule has 1 fully saturated rings. The molecule has 0 saturated heterocycles. The number of hydrogen-bond acceptors (Lipinski definition) is 3. The maximum atomic E-state index is 12.2. The molecule has 5 heteroatoms. The molecule has 1 aliphatic rings. The predicted molar refractivity (Wildman–Crippen MR) is 65.7 cm³/mol. The average molecular weight is 248 g/mol. The lowest BCUT2D eigenvalue weighted by Crippen LogP contribution is -2.42. The van der Waals surface area contributed by atoms with Crippen LogP contribution in [0.3, 0.4) is 0 Å². The Kier molecular flexibility index (Phi) is 3.62. The van der Waals surface area contributed by atoms with E-state index in [1.165, 1.54) is 4.90 Å². The van der Waals surface area contributed by atoms with Crippen molar-refractivity contribution in [1.29, 1.82) is 0 Å².